The number of amides is 2. The molecule has 1 atom stereocenters. The Morgan fingerprint density at radius 1 is 1.04 bits per heavy atom. The molecule has 0 saturated carbocycles. The molecule has 0 aliphatic rings. The van der Waals surface area contributed by atoms with Gasteiger partial charge in [-0.05, 0) is 28.3 Å². The summed E-state index contributed by atoms with van der Waals surface area (Å²) in [5.41, 5.74) is 0.197. The number of hydrogen-bond acceptors (Lipinski definition) is 3. The molecule has 2 aromatic carbocycles. The molecule has 0 bridgehead atoms. The van der Waals surface area contributed by atoms with Gasteiger partial charge in [-0.3, -0.25) is 9.59 Å². The maximum atomic E-state index is 11.9. The van der Waals surface area contributed by atoms with Gasteiger partial charge in [0.25, 0.3) is 0 Å². The van der Waals surface area contributed by atoms with Crippen molar-refractivity contribution in [2.24, 2.45) is 5.41 Å². The van der Waals surface area contributed by atoms with Gasteiger partial charge in [-0.25, -0.2) is 0 Å². The molecule has 0 radical (unpaired) electrons. The highest BCUT2D eigenvalue weighted by Crippen LogP contribution is 2.19. The first-order valence-corrected chi connectivity index (χ1v) is 7.53. The van der Waals surface area contributed by atoms with Crippen LogP contribution in [0, 0.1) is 5.41 Å². The molecule has 5 heteroatoms. The van der Waals surface area contributed by atoms with Crippen LogP contribution in [-0.4, -0.2) is 29.6 Å². The van der Waals surface area contributed by atoms with E-state index in [4.69, 9.17) is 0 Å². The van der Waals surface area contributed by atoms with Crippen LogP contribution in [0.25, 0.3) is 10.8 Å². The van der Waals surface area contributed by atoms with Gasteiger partial charge >= 0.3 is 11.8 Å². The number of anilines is 1. The molecule has 5 nitrogen and oxygen atoms in total. The standard InChI is InChI=1S/C18H22N2O3/c1-18(2,3)15(21)11-19-16(22)17(23)20-14-9-8-12-6-4-5-7-13(12)10-14/h4-10,15,21H,11H2,1-3H3,(H,19,22)(H,20,23). The smallest absolute Gasteiger partial charge is 0.313 e. The SMILES string of the molecule is CC(C)(C)C(O)CNC(=O)C(=O)Nc1ccc2ccccc2c1. The van der Waals surface area contributed by atoms with Crippen LogP contribution >= 0.6 is 0 Å². The number of carbonyl (C=O) groups is 2. The molecule has 0 aliphatic carbocycles. The van der Waals surface area contributed by atoms with Gasteiger partial charge in [0, 0.05) is 12.2 Å². The third-order valence-electron chi connectivity index (χ3n) is 3.67. The summed E-state index contributed by atoms with van der Waals surface area (Å²) in [4.78, 5) is 23.7. The van der Waals surface area contributed by atoms with Crippen LogP contribution in [0.3, 0.4) is 0 Å². The van der Waals surface area contributed by atoms with Crippen LogP contribution in [0.15, 0.2) is 42.5 Å². The average Bonchev–Trinajstić information content (AvgIpc) is 2.51. The van der Waals surface area contributed by atoms with Crippen molar-refractivity contribution in [2.45, 2.75) is 26.9 Å². The second kappa shape index (κ2) is 6.79. The van der Waals surface area contributed by atoms with E-state index in [-0.39, 0.29) is 12.0 Å². The van der Waals surface area contributed by atoms with E-state index < -0.39 is 17.9 Å². The predicted molar refractivity (Wildman–Crippen MR) is 91.0 cm³/mol. The van der Waals surface area contributed by atoms with Crippen molar-refractivity contribution in [3.8, 4) is 0 Å². The van der Waals surface area contributed by atoms with E-state index in [9.17, 15) is 14.7 Å². The van der Waals surface area contributed by atoms with Crippen molar-refractivity contribution in [3.63, 3.8) is 0 Å². The molecule has 0 saturated heterocycles. The zero-order chi connectivity index (χ0) is 17.0. The number of hydrogen-bond donors (Lipinski definition) is 3. The van der Waals surface area contributed by atoms with Crippen LogP contribution in [-0.2, 0) is 9.59 Å². The van der Waals surface area contributed by atoms with Gasteiger partial charge in [-0.2, -0.15) is 0 Å². The molecule has 23 heavy (non-hydrogen) atoms. The molecular weight excluding hydrogens is 292 g/mol. The summed E-state index contributed by atoms with van der Waals surface area (Å²) >= 11 is 0. The lowest BCUT2D eigenvalue weighted by molar-refractivity contribution is -0.136. The van der Waals surface area contributed by atoms with E-state index in [0.29, 0.717) is 5.69 Å². The van der Waals surface area contributed by atoms with E-state index in [2.05, 4.69) is 10.6 Å². The number of carbonyl (C=O) groups excluding carboxylic acids is 2. The van der Waals surface area contributed by atoms with Crippen LogP contribution in [0.4, 0.5) is 5.69 Å². The first-order valence-electron chi connectivity index (χ1n) is 7.53. The molecule has 0 spiro atoms. The summed E-state index contributed by atoms with van der Waals surface area (Å²) in [6.07, 6.45) is -0.722. The third kappa shape index (κ3) is 4.53. The van der Waals surface area contributed by atoms with Crippen LogP contribution < -0.4 is 10.6 Å². The highest BCUT2D eigenvalue weighted by atomic mass is 16.3. The Balaban J connectivity index is 1.96. The van der Waals surface area contributed by atoms with E-state index in [1.165, 1.54) is 0 Å². The summed E-state index contributed by atoms with van der Waals surface area (Å²) in [6, 6.07) is 13.2. The number of aliphatic hydroxyl groups is 1. The summed E-state index contributed by atoms with van der Waals surface area (Å²) in [7, 11) is 0. The van der Waals surface area contributed by atoms with Crippen LogP contribution in [0.2, 0.25) is 0 Å². The Labute approximate surface area is 135 Å². The van der Waals surface area contributed by atoms with Crippen LogP contribution in [0.5, 0.6) is 0 Å². The van der Waals surface area contributed by atoms with Crippen molar-refractivity contribution in [2.75, 3.05) is 11.9 Å². The zero-order valence-corrected chi connectivity index (χ0v) is 13.6. The lowest BCUT2D eigenvalue weighted by atomic mass is 9.89. The van der Waals surface area contributed by atoms with Crippen molar-refractivity contribution >= 4 is 28.3 Å². The van der Waals surface area contributed by atoms with Crippen molar-refractivity contribution in [3.05, 3.63) is 42.5 Å². The highest BCUT2D eigenvalue weighted by Gasteiger charge is 2.23. The minimum atomic E-state index is -0.763. The first kappa shape index (κ1) is 17.0. The predicted octanol–water partition coefficient (Wildman–Crippen LogP) is 2.30. The fourth-order valence-electron chi connectivity index (χ4n) is 2.03. The van der Waals surface area contributed by atoms with E-state index >= 15 is 0 Å². The summed E-state index contributed by atoms with van der Waals surface area (Å²) in [5, 5.41) is 16.9. The fraction of sp³-hybridized carbons (Fsp3) is 0.333. The number of fused-ring (bicyclic) bond motifs is 1. The fourth-order valence-corrected chi connectivity index (χ4v) is 2.03. The molecule has 0 aromatic heterocycles. The van der Waals surface area contributed by atoms with Crippen LogP contribution in [0.1, 0.15) is 20.8 Å². The largest absolute Gasteiger partial charge is 0.391 e. The Morgan fingerprint density at radius 2 is 1.70 bits per heavy atom. The average molecular weight is 314 g/mol. The Hall–Kier alpha value is -2.40. The lowest BCUT2D eigenvalue weighted by Gasteiger charge is -2.25. The minimum Gasteiger partial charge on any atom is -0.391 e. The van der Waals surface area contributed by atoms with Gasteiger partial charge in [-0.1, -0.05) is 51.1 Å². The molecule has 0 aliphatic heterocycles. The molecule has 2 rings (SSSR count). The second-order valence-electron chi connectivity index (χ2n) is 6.61. The summed E-state index contributed by atoms with van der Waals surface area (Å²) in [6.45, 7) is 5.62. The molecule has 3 N–H and O–H groups in total. The Morgan fingerprint density at radius 3 is 2.35 bits per heavy atom. The molecule has 2 aromatic rings. The van der Waals surface area contributed by atoms with Crippen molar-refractivity contribution in [1.82, 2.24) is 5.32 Å². The molecule has 0 heterocycles. The lowest BCUT2D eigenvalue weighted by Crippen LogP contribution is -2.43. The molecule has 122 valence electrons. The summed E-state index contributed by atoms with van der Waals surface area (Å²) < 4.78 is 0. The number of nitrogens with one attached hydrogen (secondary N) is 2. The molecule has 1 unspecified atom stereocenters. The van der Waals surface area contributed by atoms with Gasteiger partial charge in [0.2, 0.25) is 0 Å². The normalized spacial score (nSPS) is 12.7. The van der Waals surface area contributed by atoms with Crippen molar-refractivity contribution < 1.29 is 14.7 Å². The second-order valence-corrected chi connectivity index (χ2v) is 6.61. The van der Waals surface area contributed by atoms with Gasteiger partial charge in [0.1, 0.15) is 0 Å². The highest BCUT2D eigenvalue weighted by molar-refractivity contribution is 6.39. The Kier molecular flexibility index (Phi) is 5.01. The number of benzene rings is 2. The summed E-state index contributed by atoms with van der Waals surface area (Å²) in [5.74, 6) is -1.51. The minimum absolute atomic E-state index is 0.0352. The topological polar surface area (TPSA) is 78.4 Å². The number of aliphatic hydroxyl groups excluding tert-OH is 1. The van der Waals surface area contributed by atoms with Gasteiger partial charge < -0.3 is 15.7 Å². The molecular formula is C18H22N2O3. The zero-order valence-electron chi connectivity index (χ0n) is 13.6. The maximum Gasteiger partial charge on any atom is 0.313 e. The molecule has 0 fully saturated rings. The quantitative estimate of drug-likeness (QED) is 0.761. The van der Waals surface area contributed by atoms with Gasteiger partial charge in [0.05, 0.1) is 6.10 Å². The van der Waals surface area contributed by atoms with E-state index in [0.717, 1.165) is 10.8 Å². The van der Waals surface area contributed by atoms with E-state index in [1.807, 2.05) is 57.2 Å². The van der Waals surface area contributed by atoms with Crippen molar-refractivity contribution in [1.29, 1.82) is 0 Å². The third-order valence-corrected chi connectivity index (χ3v) is 3.67. The first-order chi connectivity index (χ1) is 10.8. The van der Waals surface area contributed by atoms with E-state index in [1.54, 1.807) is 6.07 Å². The number of rotatable bonds is 3. The van der Waals surface area contributed by atoms with Gasteiger partial charge in [0.15, 0.2) is 0 Å². The van der Waals surface area contributed by atoms with Gasteiger partial charge in [-0.15, -0.1) is 0 Å². The molecule has 2 amide bonds. The Bertz CT molecular complexity index is 720. The maximum absolute atomic E-state index is 11.9. The monoisotopic (exact) mass is 314 g/mol.